The van der Waals surface area contributed by atoms with Gasteiger partial charge >= 0.3 is 6.09 Å². The zero-order valence-electron chi connectivity index (χ0n) is 10.8. The molecule has 1 aliphatic heterocycles. The van der Waals surface area contributed by atoms with Gasteiger partial charge in [-0.3, -0.25) is 0 Å². The first kappa shape index (κ1) is 13.8. The van der Waals surface area contributed by atoms with Crippen LogP contribution in [0.4, 0.5) is 4.79 Å². The molecule has 1 aromatic rings. The van der Waals surface area contributed by atoms with E-state index in [1.165, 1.54) is 0 Å². The molecule has 1 heterocycles. The molecule has 0 bridgehead atoms. The molecule has 0 saturated carbocycles. The summed E-state index contributed by atoms with van der Waals surface area (Å²) in [5.41, 5.74) is 0.328. The number of nitrogens with one attached hydrogen (secondary N) is 1. The first-order valence-electron chi connectivity index (χ1n) is 6.42. The van der Waals surface area contributed by atoms with Crippen LogP contribution in [0.1, 0.15) is 18.4 Å². The van der Waals surface area contributed by atoms with Gasteiger partial charge in [0.25, 0.3) is 0 Å². The normalized spacial score (nSPS) is 17.7. The van der Waals surface area contributed by atoms with Gasteiger partial charge in [-0.05, 0) is 18.4 Å². The quantitative estimate of drug-likeness (QED) is 0.864. The molecule has 2 rings (SSSR count). The maximum absolute atomic E-state index is 11.8. The molecular weight excluding hydrogens is 246 g/mol. The number of carbonyl (C=O) groups is 1. The number of alkyl carbamates (subject to hydrolysis) is 1. The number of ether oxygens (including phenoxy) is 2. The molecule has 19 heavy (non-hydrogen) atoms. The topological polar surface area (TPSA) is 67.8 Å². The van der Waals surface area contributed by atoms with E-state index in [1.54, 1.807) is 0 Å². The summed E-state index contributed by atoms with van der Waals surface area (Å²) < 4.78 is 10.4. The summed E-state index contributed by atoms with van der Waals surface area (Å²) in [7, 11) is 0. The number of hydrogen-bond donors (Lipinski definition) is 2. The third-order valence-corrected chi connectivity index (χ3v) is 3.33. The Bertz CT molecular complexity index is 401. The summed E-state index contributed by atoms with van der Waals surface area (Å²) in [5, 5.41) is 12.2. The molecule has 0 unspecified atom stereocenters. The van der Waals surface area contributed by atoms with Gasteiger partial charge in [0.15, 0.2) is 0 Å². The Hall–Kier alpha value is -1.59. The molecule has 0 aliphatic carbocycles. The van der Waals surface area contributed by atoms with Crippen molar-refractivity contribution in [1.29, 1.82) is 0 Å². The highest BCUT2D eigenvalue weighted by atomic mass is 16.5. The Kier molecular flexibility index (Phi) is 4.76. The molecule has 0 aromatic heterocycles. The second kappa shape index (κ2) is 6.54. The Morgan fingerprint density at radius 3 is 2.63 bits per heavy atom. The summed E-state index contributed by atoms with van der Waals surface area (Å²) in [6.45, 7) is 1.21. The number of rotatable bonds is 4. The van der Waals surface area contributed by atoms with Crippen molar-refractivity contribution in [3.05, 3.63) is 35.9 Å². The summed E-state index contributed by atoms with van der Waals surface area (Å²) >= 11 is 0. The number of amides is 1. The minimum atomic E-state index is -0.605. The minimum Gasteiger partial charge on any atom is -0.445 e. The van der Waals surface area contributed by atoms with E-state index in [9.17, 15) is 9.90 Å². The van der Waals surface area contributed by atoms with Gasteiger partial charge in [-0.15, -0.1) is 0 Å². The lowest BCUT2D eigenvalue weighted by Crippen LogP contribution is -2.54. The zero-order chi connectivity index (χ0) is 13.6. The number of benzene rings is 1. The van der Waals surface area contributed by atoms with Gasteiger partial charge in [-0.2, -0.15) is 0 Å². The van der Waals surface area contributed by atoms with Crippen molar-refractivity contribution in [3.8, 4) is 0 Å². The van der Waals surface area contributed by atoms with Gasteiger partial charge in [-0.25, -0.2) is 4.79 Å². The minimum absolute atomic E-state index is 0.100. The lowest BCUT2D eigenvalue weighted by Gasteiger charge is -2.35. The van der Waals surface area contributed by atoms with E-state index < -0.39 is 11.6 Å². The average Bonchev–Trinajstić information content (AvgIpc) is 2.47. The van der Waals surface area contributed by atoms with Crippen molar-refractivity contribution >= 4 is 6.09 Å². The van der Waals surface area contributed by atoms with Crippen LogP contribution in [0.2, 0.25) is 0 Å². The highest BCUT2D eigenvalue weighted by Crippen LogP contribution is 2.20. The fourth-order valence-corrected chi connectivity index (χ4v) is 2.06. The molecule has 0 atom stereocenters. The average molecular weight is 265 g/mol. The van der Waals surface area contributed by atoms with Gasteiger partial charge in [0.1, 0.15) is 6.61 Å². The van der Waals surface area contributed by atoms with E-state index >= 15 is 0 Å². The van der Waals surface area contributed by atoms with Gasteiger partial charge < -0.3 is 19.9 Å². The van der Waals surface area contributed by atoms with E-state index in [4.69, 9.17) is 9.47 Å². The van der Waals surface area contributed by atoms with Gasteiger partial charge in [0.2, 0.25) is 0 Å². The van der Waals surface area contributed by atoms with Crippen LogP contribution >= 0.6 is 0 Å². The fraction of sp³-hybridized carbons (Fsp3) is 0.500. The second-order valence-electron chi connectivity index (χ2n) is 4.74. The monoisotopic (exact) mass is 265 g/mol. The van der Waals surface area contributed by atoms with Gasteiger partial charge in [0, 0.05) is 13.2 Å². The molecule has 1 amide bonds. The van der Waals surface area contributed by atoms with Crippen LogP contribution in [0.25, 0.3) is 0 Å². The Morgan fingerprint density at radius 2 is 2.00 bits per heavy atom. The summed E-state index contributed by atoms with van der Waals surface area (Å²) in [6.07, 6.45) is 0.702. The molecule has 5 nitrogen and oxygen atoms in total. The number of aliphatic hydroxyl groups excluding tert-OH is 1. The lowest BCUT2D eigenvalue weighted by atomic mass is 9.91. The summed E-state index contributed by atoms with van der Waals surface area (Å²) in [5.74, 6) is 0. The lowest BCUT2D eigenvalue weighted by molar-refractivity contribution is 0.0101. The van der Waals surface area contributed by atoms with Crippen molar-refractivity contribution in [1.82, 2.24) is 5.32 Å². The van der Waals surface area contributed by atoms with Crippen LogP contribution in [-0.4, -0.2) is 36.6 Å². The molecule has 1 saturated heterocycles. The third kappa shape index (κ3) is 3.94. The third-order valence-electron chi connectivity index (χ3n) is 3.33. The molecular formula is C14H19NO4. The second-order valence-corrected chi connectivity index (χ2v) is 4.74. The number of carbonyl (C=O) groups excluding carboxylic acids is 1. The Balaban J connectivity index is 1.83. The van der Waals surface area contributed by atoms with Crippen LogP contribution < -0.4 is 5.32 Å². The standard InChI is InChI=1S/C14H19NO4/c16-11-14(6-8-18-9-7-14)15-13(17)19-10-12-4-2-1-3-5-12/h1-5,16H,6-11H2,(H,15,17). The smallest absolute Gasteiger partial charge is 0.407 e. The van der Waals surface area contributed by atoms with Crippen LogP contribution in [0.15, 0.2) is 30.3 Å². The maximum Gasteiger partial charge on any atom is 0.407 e. The van der Waals surface area contributed by atoms with Gasteiger partial charge in [-0.1, -0.05) is 30.3 Å². The van der Waals surface area contributed by atoms with Gasteiger partial charge in [0.05, 0.1) is 12.1 Å². The first-order chi connectivity index (χ1) is 9.24. The first-order valence-corrected chi connectivity index (χ1v) is 6.42. The van der Waals surface area contributed by atoms with E-state index in [0.717, 1.165) is 5.56 Å². The van der Waals surface area contributed by atoms with E-state index in [-0.39, 0.29) is 13.2 Å². The molecule has 0 radical (unpaired) electrons. The number of hydrogen-bond acceptors (Lipinski definition) is 4. The highest BCUT2D eigenvalue weighted by Gasteiger charge is 2.34. The molecule has 5 heteroatoms. The molecule has 0 spiro atoms. The van der Waals surface area contributed by atoms with Crippen molar-refractivity contribution in [2.45, 2.75) is 25.0 Å². The Labute approximate surface area is 112 Å². The molecule has 1 aliphatic rings. The SMILES string of the molecule is O=C(NC1(CO)CCOCC1)OCc1ccccc1. The van der Waals surface area contributed by atoms with Crippen LogP contribution in [-0.2, 0) is 16.1 Å². The maximum atomic E-state index is 11.8. The predicted octanol–water partition coefficient (Wildman–Crippen LogP) is 1.45. The highest BCUT2D eigenvalue weighted by molar-refractivity contribution is 5.68. The molecule has 2 N–H and O–H groups in total. The van der Waals surface area contributed by atoms with E-state index in [0.29, 0.717) is 26.1 Å². The molecule has 1 aromatic carbocycles. The largest absolute Gasteiger partial charge is 0.445 e. The number of aliphatic hydroxyl groups is 1. The molecule has 104 valence electrons. The van der Waals surface area contributed by atoms with Crippen molar-refractivity contribution in [3.63, 3.8) is 0 Å². The Morgan fingerprint density at radius 1 is 1.32 bits per heavy atom. The predicted molar refractivity (Wildman–Crippen MR) is 69.6 cm³/mol. The van der Waals surface area contributed by atoms with Crippen LogP contribution in [0, 0.1) is 0 Å². The van der Waals surface area contributed by atoms with Crippen LogP contribution in [0.5, 0.6) is 0 Å². The summed E-state index contributed by atoms with van der Waals surface area (Å²) in [6, 6.07) is 9.48. The van der Waals surface area contributed by atoms with E-state index in [1.807, 2.05) is 30.3 Å². The van der Waals surface area contributed by atoms with Crippen LogP contribution in [0.3, 0.4) is 0 Å². The van der Waals surface area contributed by atoms with Crippen molar-refractivity contribution in [2.75, 3.05) is 19.8 Å². The fourth-order valence-electron chi connectivity index (χ4n) is 2.06. The summed E-state index contributed by atoms with van der Waals surface area (Å²) in [4.78, 5) is 11.8. The van der Waals surface area contributed by atoms with Crippen molar-refractivity contribution in [2.24, 2.45) is 0 Å². The van der Waals surface area contributed by atoms with E-state index in [2.05, 4.69) is 5.32 Å². The van der Waals surface area contributed by atoms with Crippen molar-refractivity contribution < 1.29 is 19.4 Å². The zero-order valence-corrected chi connectivity index (χ0v) is 10.8. The molecule has 1 fully saturated rings.